The first-order valence-electron chi connectivity index (χ1n) is 2.67. The maximum absolute atomic E-state index is 11.4. The number of aliphatic hydroxyl groups excluding tert-OH is 1. The van der Waals surface area contributed by atoms with Gasteiger partial charge in [-0.25, -0.2) is 0 Å². The van der Waals surface area contributed by atoms with Gasteiger partial charge in [-0.15, -0.1) is 0 Å². The van der Waals surface area contributed by atoms with Crippen LogP contribution in [0.5, 0.6) is 0 Å². The Labute approximate surface area is 48.8 Å². The third kappa shape index (κ3) is 3.65. The molecule has 0 saturated carbocycles. The molecule has 0 aromatic heterocycles. The van der Waals surface area contributed by atoms with E-state index in [1.54, 1.807) is 6.92 Å². The van der Waals surface area contributed by atoms with E-state index in [1.807, 2.05) is 0 Å². The van der Waals surface area contributed by atoms with E-state index >= 15 is 0 Å². The van der Waals surface area contributed by atoms with Gasteiger partial charge < -0.3 is 5.11 Å². The van der Waals surface area contributed by atoms with Crippen LogP contribution in [0.3, 0.4) is 0 Å². The molecule has 0 bridgehead atoms. The fourth-order valence-corrected chi connectivity index (χ4v) is 0.410. The molecular formula is C6H11FO. The minimum absolute atomic E-state index is 0.300. The molecule has 0 atom stereocenters. The Hall–Kier alpha value is -0.530. The molecule has 0 aliphatic heterocycles. The molecule has 1 nitrogen and oxygen atoms in total. The summed E-state index contributed by atoms with van der Waals surface area (Å²) in [5.41, 5.74) is 0.836. The predicted octanol–water partition coefficient (Wildman–Crippen LogP) is 2.20. The molecule has 48 valence electrons. The molecule has 0 aromatic carbocycles. The second-order valence-electron chi connectivity index (χ2n) is 1.77. The van der Waals surface area contributed by atoms with Gasteiger partial charge in [0.25, 0.3) is 0 Å². The van der Waals surface area contributed by atoms with Crippen LogP contribution >= 0.6 is 0 Å². The van der Waals surface area contributed by atoms with Gasteiger partial charge in [0.05, 0.1) is 12.9 Å². The van der Waals surface area contributed by atoms with Gasteiger partial charge in [-0.2, -0.15) is 0 Å². The Kier molecular flexibility index (Phi) is 4.32. The SMILES string of the molecule is CC(=CO)CCCF. The van der Waals surface area contributed by atoms with Crippen LogP contribution in [0.2, 0.25) is 0 Å². The van der Waals surface area contributed by atoms with E-state index in [0.29, 0.717) is 12.8 Å². The zero-order valence-corrected chi connectivity index (χ0v) is 5.02. The number of aliphatic hydroxyl groups is 1. The molecule has 0 fully saturated rings. The van der Waals surface area contributed by atoms with Gasteiger partial charge in [0.15, 0.2) is 0 Å². The van der Waals surface area contributed by atoms with Crippen LogP contribution in [0.25, 0.3) is 0 Å². The van der Waals surface area contributed by atoms with Crippen molar-refractivity contribution in [2.45, 2.75) is 19.8 Å². The van der Waals surface area contributed by atoms with Gasteiger partial charge in [0, 0.05) is 0 Å². The van der Waals surface area contributed by atoms with Crippen molar-refractivity contribution in [2.24, 2.45) is 0 Å². The maximum Gasteiger partial charge on any atom is 0.0897 e. The lowest BCUT2D eigenvalue weighted by atomic mass is 10.2. The van der Waals surface area contributed by atoms with E-state index in [4.69, 9.17) is 5.11 Å². The van der Waals surface area contributed by atoms with E-state index < -0.39 is 0 Å². The highest BCUT2D eigenvalue weighted by Gasteiger charge is 1.87. The largest absolute Gasteiger partial charge is 0.516 e. The van der Waals surface area contributed by atoms with Gasteiger partial charge in [-0.1, -0.05) is 0 Å². The summed E-state index contributed by atoms with van der Waals surface area (Å²) >= 11 is 0. The van der Waals surface area contributed by atoms with E-state index in [-0.39, 0.29) is 6.67 Å². The summed E-state index contributed by atoms with van der Waals surface area (Å²) in [6.45, 7) is 1.47. The lowest BCUT2D eigenvalue weighted by Gasteiger charge is -1.92. The fourth-order valence-electron chi connectivity index (χ4n) is 0.410. The van der Waals surface area contributed by atoms with E-state index in [9.17, 15) is 4.39 Å². The first-order valence-corrected chi connectivity index (χ1v) is 2.67. The van der Waals surface area contributed by atoms with Crippen molar-refractivity contribution in [2.75, 3.05) is 6.67 Å². The highest BCUT2D eigenvalue weighted by atomic mass is 19.1. The molecule has 0 aromatic rings. The summed E-state index contributed by atoms with van der Waals surface area (Å²) in [7, 11) is 0. The molecule has 0 spiro atoms. The lowest BCUT2D eigenvalue weighted by Crippen LogP contribution is -1.78. The minimum atomic E-state index is -0.300. The Balaban J connectivity index is 3.12. The minimum Gasteiger partial charge on any atom is -0.516 e. The van der Waals surface area contributed by atoms with Gasteiger partial charge in [0.2, 0.25) is 0 Å². The highest BCUT2D eigenvalue weighted by Crippen LogP contribution is 2.01. The van der Waals surface area contributed by atoms with E-state index in [2.05, 4.69) is 0 Å². The molecular weight excluding hydrogens is 107 g/mol. The van der Waals surface area contributed by atoms with Gasteiger partial charge in [-0.05, 0) is 25.3 Å². The number of alkyl halides is 1. The molecule has 1 N–H and O–H groups in total. The van der Waals surface area contributed by atoms with Crippen LogP contribution in [-0.2, 0) is 0 Å². The summed E-state index contributed by atoms with van der Waals surface area (Å²) in [6.07, 6.45) is 2.20. The van der Waals surface area contributed by atoms with Crippen molar-refractivity contribution in [1.82, 2.24) is 0 Å². The Morgan fingerprint density at radius 3 is 2.75 bits per heavy atom. The van der Waals surface area contributed by atoms with Crippen molar-refractivity contribution in [3.8, 4) is 0 Å². The van der Waals surface area contributed by atoms with Crippen molar-refractivity contribution >= 4 is 0 Å². The predicted molar refractivity (Wildman–Crippen MR) is 31.6 cm³/mol. The van der Waals surface area contributed by atoms with Crippen LogP contribution < -0.4 is 0 Å². The summed E-state index contributed by atoms with van der Waals surface area (Å²) in [5, 5.41) is 8.28. The molecule has 0 aliphatic carbocycles. The van der Waals surface area contributed by atoms with Crippen molar-refractivity contribution in [3.63, 3.8) is 0 Å². The normalized spacial score (nSPS) is 12.0. The van der Waals surface area contributed by atoms with Gasteiger partial charge in [-0.3, -0.25) is 4.39 Å². The number of allylic oxidation sites excluding steroid dienone is 1. The lowest BCUT2D eigenvalue weighted by molar-refractivity contribution is 0.450. The Morgan fingerprint density at radius 1 is 1.75 bits per heavy atom. The Bertz CT molecular complexity index is 78.6. The van der Waals surface area contributed by atoms with Crippen molar-refractivity contribution < 1.29 is 9.50 Å². The number of hydrogen-bond acceptors (Lipinski definition) is 1. The van der Waals surface area contributed by atoms with Crippen LogP contribution in [0.4, 0.5) is 4.39 Å². The quantitative estimate of drug-likeness (QED) is 0.563. The summed E-state index contributed by atoms with van der Waals surface area (Å²) in [4.78, 5) is 0. The van der Waals surface area contributed by atoms with Gasteiger partial charge in [0.1, 0.15) is 0 Å². The maximum atomic E-state index is 11.4. The molecule has 2 heteroatoms. The molecule has 0 radical (unpaired) electrons. The van der Waals surface area contributed by atoms with Gasteiger partial charge >= 0.3 is 0 Å². The molecule has 8 heavy (non-hydrogen) atoms. The summed E-state index contributed by atoms with van der Waals surface area (Å²) in [6, 6.07) is 0. The molecule has 0 saturated heterocycles. The van der Waals surface area contributed by atoms with Crippen molar-refractivity contribution in [3.05, 3.63) is 11.8 Å². The highest BCUT2D eigenvalue weighted by molar-refractivity contribution is 4.91. The molecule has 0 rings (SSSR count). The monoisotopic (exact) mass is 118 g/mol. The van der Waals surface area contributed by atoms with Crippen LogP contribution in [0.15, 0.2) is 11.8 Å². The number of halogens is 1. The second-order valence-corrected chi connectivity index (χ2v) is 1.77. The van der Waals surface area contributed by atoms with Crippen molar-refractivity contribution in [1.29, 1.82) is 0 Å². The zero-order valence-electron chi connectivity index (χ0n) is 5.02. The average molecular weight is 118 g/mol. The van der Waals surface area contributed by atoms with E-state index in [0.717, 1.165) is 11.8 Å². The first-order chi connectivity index (χ1) is 3.81. The Morgan fingerprint density at radius 2 is 2.38 bits per heavy atom. The van der Waals surface area contributed by atoms with E-state index in [1.165, 1.54) is 0 Å². The molecule has 0 heterocycles. The molecule has 0 unspecified atom stereocenters. The van der Waals surface area contributed by atoms with Crippen LogP contribution in [0, 0.1) is 0 Å². The van der Waals surface area contributed by atoms with Crippen LogP contribution in [-0.4, -0.2) is 11.8 Å². The third-order valence-electron chi connectivity index (χ3n) is 0.925. The molecule has 0 amide bonds. The zero-order chi connectivity index (χ0) is 6.41. The standard InChI is InChI=1S/C6H11FO/c1-6(5-8)3-2-4-7/h5,8H,2-4H2,1H3. The first kappa shape index (κ1) is 7.47. The second kappa shape index (κ2) is 4.62. The average Bonchev–Trinajstić information content (AvgIpc) is 1.83. The number of rotatable bonds is 3. The smallest absolute Gasteiger partial charge is 0.0897 e. The summed E-state index contributed by atoms with van der Waals surface area (Å²) in [5.74, 6) is 0. The topological polar surface area (TPSA) is 20.2 Å². The molecule has 0 aliphatic rings. The fraction of sp³-hybridized carbons (Fsp3) is 0.667. The number of hydrogen-bond donors (Lipinski definition) is 1. The summed E-state index contributed by atoms with van der Waals surface area (Å²) < 4.78 is 11.4. The third-order valence-corrected chi connectivity index (χ3v) is 0.925. The van der Waals surface area contributed by atoms with Crippen LogP contribution in [0.1, 0.15) is 19.8 Å².